The van der Waals surface area contributed by atoms with Crippen molar-refractivity contribution in [2.24, 2.45) is 5.41 Å². The van der Waals surface area contributed by atoms with Crippen LogP contribution in [0.3, 0.4) is 0 Å². The van der Waals surface area contributed by atoms with Gasteiger partial charge in [0.05, 0.1) is 14.2 Å². The summed E-state index contributed by atoms with van der Waals surface area (Å²) in [4.78, 5) is 23.3. The van der Waals surface area contributed by atoms with Crippen LogP contribution in [0.15, 0.2) is 36.4 Å². The lowest BCUT2D eigenvalue weighted by molar-refractivity contribution is -0.605. The van der Waals surface area contributed by atoms with Gasteiger partial charge in [0.2, 0.25) is 12.1 Å². The first-order chi connectivity index (χ1) is 15.0. The predicted octanol–water partition coefficient (Wildman–Crippen LogP) is 2.82. The van der Waals surface area contributed by atoms with Crippen LogP contribution in [0.5, 0.6) is 23.0 Å². The van der Waals surface area contributed by atoms with E-state index in [1.807, 2.05) is 0 Å². The minimum atomic E-state index is -1.39. The smallest absolute Gasteiger partial charge is 0.243 e. The molecule has 172 valence electrons. The summed E-state index contributed by atoms with van der Waals surface area (Å²) in [6.45, 7) is 3.01. The number of phenols is 2. The van der Waals surface area contributed by atoms with Crippen LogP contribution in [-0.4, -0.2) is 46.4 Å². The second kappa shape index (κ2) is 8.50. The first kappa shape index (κ1) is 23.1. The molecule has 1 fully saturated rings. The molecule has 1 saturated heterocycles. The largest absolute Gasteiger partial charge is 0.504 e. The van der Waals surface area contributed by atoms with Gasteiger partial charge in [-0.25, -0.2) is 0 Å². The van der Waals surface area contributed by atoms with Crippen LogP contribution >= 0.6 is 0 Å². The molecule has 0 radical (unpaired) electrons. The number of nitro groups is 2. The number of ether oxygens (including phenoxy) is 2. The SMILES string of the molecule is COc1cc([C@H]2N[C@H](c3ccc(O)c(OC)c3)[C@@H]([N+](=O)[O-])C(C)(C)[C@@H]2[N+](=O)[O-])ccc1O. The van der Waals surface area contributed by atoms with Gasteiger partial charge in [0.15, 0.2) is 23.0 Å². The van der Waals surface area contributed by atoms with Crippen molar-refractivity contribution >= 4 is 0 Å². The number of benzene rings is 2. The van der Waals surface area contributed by atoms with Crippen LogP contribution in [0.4, 0.5) is 0 Å². The molecule has 0 amide bonds. The molecule has 2 aromatic carbocycles. The van der Waals surface area contributed by atoms with Gasteiger partial charge in [0, 0.05) is 9.85 Å². The van der Waals surface area contributed by atoms with Crippen LogP contribution in [0.25, 0.3) is 0 Å². The van der Waals surface area contributed by atoms with Crippen LogP contribution in [-0.2, 0) is 0 Å². The highest BCUT2D eigenvalue weighted by molar-refractivity contribution is 5.45. The Kier molecular flexibility index (Phi) is 6.13. The molecule has 3 N–H and O–H groups in total. The van der Waals surface area contributed by atoms with Crippen LogP contribution < -0.4 is 14.8 Å². The topological polar surface area (TPSA) is 157 Å². The third-order valence-electron chi connectivity index (χ3n) is 6.10. The summed E-state index contributed by atoms with van der Waals surface area (Å²) >= 11 is 0. The zero-order chi connectivity index (χ0) is 23.8. The van der Waals surface area contributed by atoms with E-state index in [9.17, 15) is 30.4 Å². The van der Waals surface area contributed by atoms with E-state index in [0.717, 1.165) is 0 Å². The number of piperidine rings is 1. The van der Waals surface area contributed by atoms with Gasteiger partial charge < -0.3 is 19.7 Å². The number of nitrogens with one attached hydrogen (secondary N) is 1. The number of hydrogen-bond acceptors (Lipinski definition) is 9. The van der Waals surface area contributed by atoms with Gasteiger partial charge in [0.25, 0.3) is 0 Å². The summed E-state index contributed by atoms with van der Waals surface area (Å²) in [6.07, 6.45) is 0. The summed E-state index contributed by atoms with van der Waals surface area (Å²) in [5.41, 5.74) is -0.511. The summed E-state index contributed by atoms with van der Waals surface area (Å²) in [7, 11) is 2.71. The highest BCUT2D eigenvalue weighted by Crippen LogP contribution is 2.48. The zero-order valence-electron chi connectivity index (χ0n) is 18.0. The number of methoxy groups -OCH3 is 2. The molecule has 1 aliphatic rings. The number of aromatic hydroxyl groups is 2. The Balaban J connectivity index is 2.20. The molecule has 0 saturated carbocycles. The molecule has 11 nitrogen and oxygen atoms in total. The van der Waals surface area contributed by atoms with E-state index < -0.39 is 39.4 Å². The van der Waals surface area contributed by atoms with Gasteiger partial charge in [-0.15, -0.1) is 0 Å². The maximum absolute atomic E-state index is 12.1. The van der Waals surface area contributed by atoms with Crippen molar-refractivity contribution in [1.82, 2.24) is 5.32 Å². The zero-order valence-corrected chi connectivity index (χ0v) is 18.0. The fraction of sp³-hybridized carbons (Fsp3) is 0.429. The normalized spacial score (nSPS) is 24.5. The average Bonchev–Trinajstić information content (AvgIpc) is 2.72. The lowest BCUT2D eigenvalue weighted by Crippen LogP contribution is -2.63. The molecule has 32 heavy (non-hydrogen) atoms. The molecule has 4 atom stereocenters. The minimum Gasteiger partial charge on any atom is -0.504 e. The van der Waals surface area contributed by atoms with Crippen LogP contribution in [0.1, 0.15) is 37.1 Å². The Labute approximate surface area is 183 Å². The number of rotatable bonds is 6. The third-order valence-corrected chi connectivity index (χ3v) is 6.10. The van der Waals surface area contributed by atoms with E-state index in [-0.39, 0.29) is 23.0 Å². The van der Waals surface area contributed by atoms with E-state index in [1.165, 1.54) is 64.5 Å². The average molecular weight is 447 g/mol. The van der Waals surface area contributed by atoms with E-state index in [1.54, 1.807) is 0 Å². The highest BCUT2D eigenvalue weighted by Gasteiger charge is 2.63. The van der Waals surface area contributed by atoms with Gasteiger partial charge >= 0.3 is 0 Å². The Morgan fingerprint density at radius 2 is 1.22 bits per heavy atom. The Bertz CT molecular complexity index is 962. The lowest BCUT2D eigenvalue weighted by atomic mass is 9.66. The standard InChI is InChI=1S/C21H25N3O8/c1-21(2)19(23(27)28)17(11-5-7-13(25)15(9-11)31-3)22-18(20(21)24(29)30)12-6-8-14(26)16(10-12)32-4/h5-10,17-20,22,25-26H,1-4H3/t17-,18-,19-,20-/m1/s1. The monoisotopic (exact) mass is 447 g/mol. The fourth-order valence-electron chi connectivity index (χ4n) is 4.53. The molecule has 0 aliphatic carbocycles. The van der Waals surface area contributed by atoms with Crippen molar-refractivity contribution in [2.45, 2.75) is 38.0 Å². The van der Waals surface area contributed by atoms with E-state index in [4.69, 9.17) is 9.47 Å². The molecular weight excluding hydrogens is 422 g/mol. The first-order valence-electron chi connectivity index (χ1n) is 9.79. The summed E-state index contributed by atoms with van der Waals surface area (Å²) in [6, 6.07) is 4.11. The maximum atomic E-state index is 12.1. The number of hydrogen-bond donors (Lipinski definition) is 3. The van der Waals surface area contributed by atoms with E-state index in [0.29, 0.717) is 11.1 Å². The summed E-state index contributed by atoms with van der Waals surface area (Å²) in [5, 5.41) is 47.2. The predicted molar refractivity (Wildman–Crippen MR) is 113 cm³/mol. The fourth-order valence-corrected chi connectivity index (χ4v) is 4.53. The molecule has 0 unspecified atom stereocenters. The molecule has 0 aromatic heterocycles. The molecule has 1 heterocycles. The Morgan fingerprint density at radius 1 is 0.844 bits per heavy atom. The number of phenolic OH excluding ortho intramolecular Hbond substituents is 2. The van der Waals surface area contributed by atoms with Crippen molar-refractivity contribution < 1.29 is 29.5 Å². The van der Waals surface area contributed by atoms with Gasteiger partial charge in [-0.1, -0.05) is 12.1 Å². The maximum Gasteiger partial charge on any atom is 0.243 e. The van der Waals surface area contributed by atoms with Crippen molar-refractivity contribution in [1.29, 1.82) is 0 Å². The van der Waals surface area contributed by atoms with Crippen molar-refractivity contribution in [3.63, 3.8) is 0 Å². The van der Waals surface area contributed by atoms with Gasteiger partial charge in [-0.3, -0.25) is 25.5 Å². The lowest BCUT2D eigenvalue weighted by Gasteiger charge is -2.44. The van der Waals surface area contributed by atoms with Crippen molar-refractivity contribution in [3.05, 3.63) is 67.8 Å². The van der Waals surface area contributed by atoms with E-state index in [2.05, 4.69) is 5.32 Å². The van der Waals surface area contributed by atoms with Gasteiger partial charge in [-0.2, -0.15) is 0 Å². The van der Waals surface area contributed by atoms with Gasteiger partial charge in [0.1, 0.15) is 17.5 Å². The quantitative estimate of drug-likeness (QED) is 0.447. The molecule has 11 heteroatoms. The molecule has 3 rings (SSSR count). The molecule has 2 aromatic rings. The first-order valence-corrected chi connectivity index (χ1v) is 9.79. The molecular formula is C21H25N3O8. The Hall–Kier alpha value is -3.60. The summed E-state index contributed by atoms with van der Waals surface area (Å²) in [5.74, 6) is -0.00848. The molecule has 0 spiro atoms. The van der Waals surface area contributed by atoms with Gasteiger partial charge in [-0.05, 0) is 49.2 Å². The van der Waals surface area contributed by atoms with Crippen molar-refractivity contribution in [3.8, 4) is 23.0 Å². The van der Waals surface area contributed by atoms with E-state index >= 15 is 0 Å². The van der Waals surface area contributed by atoms with Crippen LogP contribution in [0, 0.1) is 25.6 Å². The molecule has 0 bridgehead atoms. The highest BCUT2D eigenvalue weighted by atomic mass is 16.6. The second-order valence-corrected chi connectivity index (χ2v) is 8.27. The third kappa shape index (κ3) is 3.86. The molecule has 1 aliphatic heterocycles. The van der Waals surface area contributed by atoms with Crippen LogP contribution in [0.2, 0.25) is 0 Å². The Morgan fingerprint density at radius 3 is 1.53 bits per heavy atom. The van der Waals surface area contributed by atoms with Crippen molar-refractivity contribution in [2.75, 3.05) is 14.2 Å². The minimum absolute atomic E-state index is 0.128. The summed E-state index contributed by atoms with van der Waals surface area (Å²) < 4.78 is 10.3. The number of nitrogens with zero attached hydrogens (tertiary/aromatic N) is 2. The second-order valence-electron chi connectivity index (χ2n) is 8.27.